The van der Waals surface area contributed by atoms with E-state index in [4.69, 9.17) is 11.6 Å². The minimum atomic E-state index is 0.510. The average Bonchev–Trinajstić information content (AvgIpc) is 2.79. The molecule has 0 radical (unpaired) electrons. The van der Waals surface area contributed by atoms with Crippen LogP contribution >= 0.6 is 11.6 Å². The molecule has 0 saturated heterocycles. The summed E-state index contributed by atoms with van der Waals surface area (Å²) in [7, 11) is 0. The van der Waals surface area contributed by atoms with Gasteiger partial charge in [0.25, 0.3) is 0 Å². The summed E-state index contributed by atoms with van der Waals surface area (Å²) in [4.78, 5) is 7.91. The van der Waals surface area contributed by atoms with E-state index in [0.29, 0.717) is 5.15 Å². The van der Waals surface area contributed by atoms with Crippen molar-refractivity contribution >= 4 is 38.8 Å². The third-order valence-corrected chi connectivity index (χ3v) is 6.08. The summed E-state index contributed by atoms with van der Waals surface area (Å²) >= 11 is 5.81. The minimum Gasteiger partial charge on any atom is -0.236 e. The average molecular weight is 397 g/mol. The zero-order valence-electron chi connectivity index (χ0n) is 16.1. The monoisotopic (exact) mass is 396 g/mol. The van der Waals surface area contributed by atoms with Crippen molar-refractivity contribution in [2.75, 3.05) is 0 Å². The van der Waals surface area contributed by atoms with Crippen LogP contribution in [0.1, 0.15) is 30.4 Å². The van der Waals surface area contributed by atoms with E-state index < -0.39 is 0 Å². The number of aromatic nitrogens is 2. The lowest BCUT2D eigenvalue weighted by Crippen LogP contribution is -2.06. The first kappa shape index (κ1) is 18.1. The first-order chi connectivity index (χ1) is 14.3. The maximum Gasteiger partial charge on any atom is 0.140 e. The fourth-order valence-corrected chi connectivity index (χ4v) is 4.56. The number of allylic oxidation sites excluding steroid dienone is 4. The molecule has 0 fully saturated rings. The maximum atomic E-state index is 5.81. The lowest BCUT2D eigenvalue weighted by Gasteiger charge is -2.25. The van der Waals surface area contributed by atoms with Crippen LogP contribution in [0.25, 0.3) is 27.2 Å². The van der Waals surface area contributed by atoms with Crippen molar-refractivity contribution in [3.05, 3.63) is 101 Å². The lowest BCUT2D eigenvalue weighted by molar-refractivity contribution is 0.831. The molecule has 29 heavy (non-hydrogen) atoms. The number of para-hydroxylation sites is 1. The Kier molecular flexibility index (Phi) is 4.87. The molecule has 0 aliphatic heterocycles. The predicted molar refractivity (Wildman–Crippen MR) is 122 cm³/mol. The Morgan fingerprint density at radius 2 is 1.59 bits per heavy atom. The summed E-state index contributed by atoms with van der Waals surface area (Å²) < 4.78 is 0. The van der Waals surface area contributed by atoms with Crippen LogP contribution in [0.5, 0.6) is 0 Å². The standard InChI is InChI=1S/C18H16.C8H5ClN2/c1-3-7-15-13(5-1)9-11-18-16-8-4-2-6-14(16)10-12-17(15)18;9-8-6-3-1-2-4-7(6)10-5-11-8/h1,3-5,7-9,11H,2,6,10,12H2;1-5H. The lowest BCUT2D eigenvalue weighted by atomic mass is 9.80. The van der Waals surface area contributed by atoms with Crippen molar-refractivity contribution in [1.82, 2.24) is 9.97 Å². The van der Waals surface area contributed by atoms with Crippen molar-refractivity contribution in [3.63, 3.8) is 0 Å². The van der Waals surface area contributed by atoms with Crippen LogP contribution in [0.4, 0.5) is 0 Å². The fourth-order valence-electron chi connectivity index (χ4n) is 4.36. The molecule has 3 heteroatoms. The van der Waals surface area contributed by atoms with Crippen LogP contribution < -0.4 is 0 Å². The molecule has 2 aliphatic carbocycles. The summed E-state index contributed by atoms with van der Waals surface area (Å²) in [5.74, 6) is 0. The second-order valence-electron chi connectivity index (χ2n) is 7.45. The Hall–Kier alpha value is -2.97. The Labute approximate surface area is 175 Å². The molecule has 0 saturated carbocycles. The van der Waals surface area contributed by atoms with E-state index in [0.717, 1.165) is 10.9 Å². The van der Waals surface area contributed by atoms with E-state index in [1.165, 1.54) is 53.9 Å². The second kappa shape index (κ2) is 7.81. The number of fused-ring (bicyclic) bond motifs is 5. The van der Waals surface area contributed by atoms with Crippen LogP contribution in [-0.4, -0.2) is 9.97 Å². The van der Waals surface area contributed by atoms with E-state index in [-0.39, 0.29) is 0 Å². The van der Waals surface area contributed by atoms with Crippen LogP contribution in [0, 0.1) is 0 Å². The number of benzene rings is 3. The molecular formula is C26H21ClN2. The van der Waals surface area contributed by atoms with E-state index in [2.05, 4.69) is 58.5 Å². The molecule has 4 aromatic rings. The Balaban J connectivity index is 0.000000142. The number of rotatable bonds is 0. The van der Waals surface area contributed by atoms with E-state index in [9.17, 15) is 0 Å². The molecule has 0 atom stereocenters. The molecule has 0 bridgehead atoms. The zero-order chi connectivity index (χ0) is 19.6. The van der Waals surface area contributed by atoms with Crippen LogP contribution in [0.15, 0.2) is 84.7 Å². The molecular weight excluding hydrogens is 376 g/mol. The summed E-state index contributed by atoms with van der Waals surface area (Å²) in [6.45, 7) is 0. The number of aryl methyl sites for hydroxylation is 1. The quantitative estimate of drug-likeness (QED) is 0.294. The van der Waals surface area contributed by atoms with Gasteiger partial charge in [-0.25, -0.2) is 9.97 Å². The highest BCUT2D eigenvalue weighted by molar-refractivity contribution is 6.33. The highest BCUT2D eigenvalue weighted by atomic mass is 35.5. The van der Waals surface area contributed by atoms with Gasteiger partial charge in [-0.2, -0.15) is 0 Å². The predicted octanol–water partition coefficient (Wildman–Crippen LogP) is 7.17. The summed E-state index contributed by atoms with van der Waals surface area (Å²) in [5, 5.41) is 4.23. The smallest absolute Gasteiger partial charge is 0.140 e. The molecule has 0 amide bonds. The molecule has 3 aromatic carbocycles. The molecule has 1 aromatic heterocycles. The number of nitrogens with zero attached hydrogens (tertiary/aromatic N) is 2. The normalized spacial score (nSPS) is 14.9. The Morgan fingerprint density at radius 3 is 2.48 bits per heavy atom. The van der Waals surface area contributed by atoms with Gasteiger partial charge in [-0.3, -0.25) is 0 Å². The molecule has 6 rings (SSSR count). The van der Waals surface area contributed by atoms with Gasteiger partial charge in [-0.05, 0) is 65.3 Å². The molecule has 142 valence electrons. The van der Waals surface area contributed by atoms with Gasteiger partial charge in [-0.15, -0.1) is 0 Å². The third-order valence-electron chi connectivity index (χ3n) is 5.78. The largest absolute Gasteiger partial charge is 0.236 e. The highest BCUT2D eigenvalue weighted by Gasteiger charge is 2.20. The van der Waals surface area contributed by atoms with Crippen molar-refractivity contribution < 1.29 is 0 Å². The molecule has 0 unspecified atom stereocenters. The van der Waals surface area contributed by atoms with E-state index in [1.54, 1.807) is 11.1 Å². The van der Waals surface area contributed by atoms with Crippen molar-refractivity contribution in [1.29, 1.82) is 0 Å². The van der Waals surface area contributed by atoms with Crippen molar-refractivity contribution in [2.45, 2.75) is 25.7 Å². The molecule has 2 aliphatic rings. The third kappa shape index (κ3) is 3.45. The number of hydrogen-bond donors (Lipinski definition) is 0. The fraction of sp³-hybridized carbons (Fsp3) is 0.154. The van der Waals surface area contributed by atoms with E-state index >= 15 is 0 Å². The second-order valence-corrected chi connectivity index (χ2v) is 7.81. The molecule has 2 nitrogen and oxygen atoms in total. The molecule has 1 heterocycles. The van der Waals surface area contributed by atoms with Crippen LogP contribution in [-0.2, 0) is 6.42 Å². The van der Waals surface area contributed by atoms with Gasteiger partial charge < -0.3 is 0 Å². The van der Waals surface area contributed by atoms with Gasteiger partial charge in [0.1, 0.15) is 11.5 Å². The van der Waals surface area contributed by atoms with Gasteiger partial charge in [-0.1, -0.05) is 77.9 Å². The van der Waals surface area contributed by atoms with Crippen LogP contribution in [0.2, 0.25) is 5.15 Å². The topological polar surface area (TPSA) is 25.8 Å². The minimum absolute atomic E-state index is 0.510. The van der Waals surface area contributed by atoms with E-state index in [1.807, 2.05) is 24.3 Å². The summed E-state index contributed by atoms with van der Waals surface area (Å²) in [6.07, 6.45) is 11.1. The van der Waals surface area contributed by atoms with Gasteiger partial charge >= 0.3 is 0 Å². The van der Waals surface area contributed by atoms with Crippen molar-refractivity contribution in [3.8, 4) is 0 Å². The Morgan fingerprint density at radius 1 is 0.759 bits per heavy atom. The number of hydrogen-bond acceptors (Lipinski definition) is 2. The maximum absolute atomic E-state index is 5.81. The van der Waals surface area contributed by atoms with Gasteiger partial charge in [0, 0.05) is 5.39 Å². The molecule has 0 N–H and O–H groups in total. The van der Waals surface area contributed by atoms with Crippen LogP contribution in [0.3, 0.4) is 0 Å². The summed E-state index contributed by atoms with van der Waals surface area (Å²) in [6, 6.07) is 21.0. The molecule has 0 spiro atoms. The first-order valence-electron chi connectivity index (χ1n) is 10.1. The van der Waals surface area contributed by atoms with Gasteiger partial charge in [0.2, 0.25) is 0 Å². The SMILES string of the molecule is C1=CC2=C(CC1)CCc1c2ccc2ccccc12.Clc1ncnc2ccccc12. The highest BCUT2D eigenvalue weighted by Crippen LogP contribution is 2.39. The zero-order valence-corrected chi connectivity index (χ0v) is 16.9. The Bertz CT molecular complexity index is 1260. The van der Waals surface area contributed by atoms with Gasteiger partial charge in [0.15, 0.2) is 0 Å². The van der Waals surface area contributed by atoms with Crippen molar-refractivity contribution in [2.24, 2.45) is 0 Å². The van der Waals surface area contributed by atoms with Gasteiger partial charge in [0.05, 0.1) is 5.52 Å². The number of halogens is 1. The summed E-state index contributed by atoms with van der Waals surface area (Å²) in [5.41, 5.74) is 7.09. The first-order valence-corrected chi connectivity index (χ1v) is 10.4.